The van der Waals surface area contributed by atoms with E-state index in [0.29, 0.717) is 49.9 Å². The van der Waals surface area contributed by atoms with Crippen molar-refractivity contribution >= 4 is 29.8 Å². The molecule has 16 fully saturated rings. The number of esters is 5. The van der Waals surface area contributed by atoms with Crippen molar-refractivity contribution in [3.8, 4) is 0 Å². The molecule has 16 rings (SSSR count). The molecule has 0 radical (unpaired) electrons. The van der Waals surface area contributed by atoms with Gasteiger partial charge in [0.25, 0.3) is 0 Å². The number of carbonyl (C=O) groups is 5. The van der Waals surface area contributed by atoms with Gasteiger partial charge in [-0.25, -0.2) is 0 Å². The Morgan fingerprint density at radius 1 is 0.525 bits per heavy atom. The average Bonchev–Trinajstić information content (AvgIpc) is 3.56. The monoisotopic (exact) mass is 1120 g/mol. The zero-order valence-electron chi connectivity index (χ0n) is 52.5. The Hall–Kier alpha value is -2.73. The van der Waals surface area contributed by atoms with Crippen molar-refractivity contribution in [2.75, 3.05) is 0 Å². The molecule has 2 aliphatic heterocycles. The second-order valence-corrected chi connectivity index (χ2v) is 32.5. The van der Waals surface area contributed by atoms with Crippen molar-refractivity contribution in [2.24, 2.45) is 86.8 Å². The van der Waals surface area contributed by atoms with E-state index < -0.39 is 27.8 Å². The molecule has 0 aromatic carbocycles. The second kappa shape index (κ2) is 22.0. The molecule has 0 aromatic heterocycles. The molecule has 14 aliphatic carbocycles. The topological polar surface area (TPSA) is 172 Å². The number of hydrogen-bond donors (Lipinski definition) is 2. The lowest BCUT2D eigenvalue weighted by Gasteiger charge is -2.62. The molecule has 7 atom stereocenters. The van der Waals surface area contributed by atoms with E-state index in [1.54, 1.807) is 0 Å². The van der Waals surface area contributed by atoms with Crippen LogP contribution in [-0.2, 0) is 47.7 Å². The highest BCUT2D eigenvalue weighted by molar-refractivity contribution is 5.78. The third-order valence-corrected chi connectivity index (χ3v) is 24.6. The predicted octanol–water partition coefficient (Wildman–Crippen LogP) is 14.1. The molecule has 7 unspecified atom stereocenters. The van der Waals surface area contributed by atoms with Crippen LogP contribution >= 0.6 is 0 Å². The standard InChI is InChI=1S/C19H32O2.C18H30O2.C16H24O4.C15H24O4/c1-6-17(2,3)16(20)21-18(4,5)19-10-13-7-14(11-19)9-15(8-13)12-19;1-5-17(3,4)16(19)20-18(6-2)14-8-12-7-13(10-14)11-15(18)9-12;1-4-15(2,3)14(18)20-16-7-10-5-11(8-16)13(17)19-12(6-10)9-16;1-3-10(2)12(16)19-15-6-11-4-13(17,8-15)7-14(18,5-11)9-15/h13-15H,6-12H2,1-5H3;12-15H,5-11H2,1-4H3;10-12H,4-9H2,1-3H3;10-11,17-18H,3-9H2,1-2H3. The van der Waals surface area contributed by atoms with Crippen LogP contribution in [0.1, 0.15) is 270 Å². The molecule has 80 heavy (non-hydrogen) atoms. The summed E-state index contributed by atoms with van der Waals surface area (Å²) in [5, 5.41) is 21.2. The minimum atomic E-state index is -0.829. The Morgan fingerprint density at radius 2 is 0.988 bits per heavy atom. The molecule has 16 aliphatic rings. The van der Waals surface area contributed by atoms with Crippen molar-refractivity contribution in [1.29, 1.82) is 0 Å². The van der Waals surface area contributed by atoms with Crippen LogP contribution < -0.4 is 0 Å². The van der Waals surface area contributed by atoms with Gasteiger partial charge in [-0.05, 0) is 250 Å². The summed E-state index contributed by atoms with van der Waals surface area (Å²) in [7, 11) is 0. The molecule has 454 valence electrons. The van der Waals surface area contributed by atoms with Gasteiger partial charge in [0.1, 0.15) is 28.5 Å². The minimum absolute atomic E-state index is 0.00857. The fourth-order valence-electron chi connectivity index (χ4n) is 19.5. The lowest BCUT2D eigenvalue weighted by molar-refractivity contribution is -0.262. The fraction of sp³-hybridized carbons (Fsp3) is 0.926. The number of fused-ring (bicyclic) bond motifs is 1. The molecule has 0 amide bonds. The first-order valence-electron chi connectivity index (χ1n) is 32.8. The van der Waals surface area contributed by atoms with Crippen LogP contribution in [0, 0.1) is 86.8 Å². The lowest BCUT2D eigenvalue weighted by atomic mass is 9.46. The zero-order chi connectivity index (χ0) is 58.4. The van der Waals surface area contributed by atoms with Crippen LogP contribution in [0.3, 0.4) is 0 Å². The van der Waals surface area contributed by atoms with E-state index >= 15 is 0 Å². The molecule has 0 spiro atoms. The van der Waals surface area contributed by atoms with Gasteiger partial charge in [-0.15, -0.1) is 0 Å². The first kappa shape index (κ1) is 61.8. The van der Waals surface area contributed by atoms with Crippen LogP contribution in [0.25, 0.3) is 0 Å². The Morgan fingerprint density at radius 3 is 1.46 bits per heavy atom. The highest BCUT2D eigenvalue weighted by Crippen LogP contribution is 2.66. The van der Waals surface area contributed by atoms with E-state index in [-0.39, 0.29) is 81.2 Å². The summed E-state index contributed by atoms with van der Waals surface area (Å²) in [5.41, 5.74) is -4.08. The van der Waals surface area contributed by atoms with Crippen LogP contribution in [0.5, 0.6) is 0 Å². The van der Waals surface area contributed by atoms with Gasteiger partial charge in [-0.2, -0.15) is 0 Å². The lowest BCUT2D eigenvalue weighted by Crippen LogP contribution is -2.67. The first-order chi connectivity index (χ1) is 37.2. The summed E-state index contributed by atoms with van der Waals surface area (Å²) in [4.78, 5) is 61.7. The normalized spacial score (nSPS) is 42.4. The van der Waals surface area contributed by atoms with Crippen molar-refractivity contribution in [1.82, 2.24) is 0 Å². The summed E-state index contributed by atoms with van der Waals surface area (Å²) in [6.45, 7) is 28.5. The van der Waals surface area contributed by atoms with Crippen molar-refractivity contribution in [3.05, 3.63) is 0 Å². The van der Waals surface area contributed by atoms with Crippen LogP contribution in [0.2, 0.25) is 0 Å². The van der Waals surface area contributed by atoms with Gasteiger partial charge in [0, 0.05) is 37.5 Å². The van der Waals surface area contributed by atoms with Gasteiger partial charge in [-0.3, -0.25) is 24.0 Å². The Kier molecular flexibility index (Phi) is 17.0. The first-order valence-corrected chi connectivity index (χ1v) is 32.8. The highest BCUT2D eigenvalue weighted by atomic mass is 16.6. The average molecular weight is 1120 g/mol. The maximum atomic E-state index is 12.6. The maximum Gasteiger partial charge on any atom is 0.312 e. The van der Waals surface area contributed by atoms with Gasteiger partial charge in [-0.1, -0.05) is 41.5 Å². The zero-order valence-corrected chi connectivity index (χ0v) is 52.5. The number of ether oxygens (including phenoxy) is 5. The quantitative estimate of drug-likeness (QED) is 0.125. The summed E-state index contributed by atoms with van der Waals surface area (Å²) < 4.78 is 29.7. The van der Waals surface area contributed by atoms with Gasteiger partial charge in [0.05, 0.1) is 39.3 Å². The largest absolute Gasteiger partial charge is 0.462 e. The van der Waals surface area contributed by atoms with Gasteiger partial charge in [0.2, 0.25) is 0 Å². The third kappa shape index (κ3) is 12.1. The number of carbonyl (C=O) groups excluding carboxylic acids is 5. The van der Waals surface area contributed by atoms with Gasteiger partial charge >= 0.3 is 29.8 Å². The van der Waals surface area contributed by atoms with E-state index in [2.05, 4.69) is 34.6 Å². The third-order valence-electron chi connectivity index (χ3n) is 24.6. The molecule has 16 bridgehead atoms. The van der Waals surface area contributed by atoms with Gasteiger partial charge in [0.15, 0.2) is 0 Å². The van der Waals surface area contributed by atoms with E-state index in [4.69, 9.17) is 23.7 Å². The second-order valence-electron chi connectivity index (χ2n) is 32.5. The summed E-state index contributed by atoms with van der Waals surface area (Å²) in [5.74, 6) is 6.03. The van der Waals surface area contributed by atoms with Crippen molar-refractivity contribution in [2.45, 2.75) is 310 Å². The molecule has 2 heterocycles. The fourth-order valence-corrected chi connectivity index (χ4v) is 19.5. The number of aliphatic hydroxyl groups is 2. The minimum Gasteiger partial charge on any atom is -0.462 e. The van der Waals surface area contributed by atoms with E-state index in [0.717, 1.165) is 100 Å². The summed E-state index contributed by atoms with van der Waals surface area (Å²) >= 11 is 0. The van der Waals surface area contributed by atoms with Crippen molar-refractivity contribution < 1.29 is 57.9 Å². The number of rotatable bonds is 14. The molecule has 12 heteroatoms. The Labute approximate surface area is 482 Å². The molecular weight excluding hydrogens is 1010 g/mol. The molecule has 2 N–H and O–H groups in total. The smallest absolute Gasteiger partial charge is 0.312 e. The van der Waals surface area contributed by atoms with E-state index in [1.165, 1.54) is 70.6 Å². The SMILES string of the molecule is CCC(C)(C)C(=O)OC(C)(C)C12CC3CC(CC(C3)C1)C2.CCC(C)(C)C(=O)OC1(CC)C2CC3CC(C2)CC1C3.CCC(C)(C)C(=O)OC12CC3CC(C1)OC(=O)C(C3)C2.CCC(C)C(=O)OC12CC3CC(O)(CC(O)(C3)C1)C2. The van der Waals surface area contributed by atoms with Crippen LogP contribution in [0.4, 0.5) is 0 Å². The highest BCUT2D eigenvalue weighted by Gasteiger charge is 2.65. The van der Waals surface area contributed by atoms with Crippen molar-refractivity contribution in [3.63, 3.8) is 0 Å². The summed E-state index contributed by atoms with van der Waals surface area (Å²) in [6.07, 6.45) is 26.8. The van der Waals surface area contributed by atoms with E-state index in [1.807, 2.05) is 62.3 Å². The summed E-state index contributed by atoms with van der Waals surface area (Å²) in [6, 6.07) is 0. The molecule has 12 nitrogen and oxygen atoms in total. The predicted molar refractivity (Wildman–Crippen MR) is 307 cm³/mol. The molecule has 14 saturated carbocycles. The van der Waals surface area contributed by atoms with Gasteiger partial charge < -0.3 is 33.9 Å². The van der Waals surface area contributed by atoms with E-state index in [9.17, 15) is 34.2 Å². The molecular formula is C68H110O12. The molecule has 0 aromatic rings. The maximum absolute atomic E-state index is 12.6. The Balaban J connectivity index is 0.000000129. The Bertz CT molecular complexity index is 2230. The molecule has 2 saturated heterocycles. The number of hydrogen-bond acceptors (Lipinski definition) is 12. The van der Waals surface area contributed by atoms with Crippen LogP contribution in [0.15, 0.2) is 0 Å². The van der Waals surface area contributed by atoms with Crippen LogP contribution in [-0.4, -0.2) is 79.8 Å².